The van der Waals surface area contributed by atoms with Crippen molar-refractivity contribution >= 4 is 33.0 Å². The Kier molecular flexibility index (Phi) is 3.54. The van der Waals surface area contributed by atoms with Crippen LogP contribution >= 0.6 is 15.9 Å². The molecule has 0 aliphatic carbocycles. The summed E-state index contributed by atoms with van der Waals surface area (Å²) in [4.78, 5) is 0. The SMILES string of the molecule is COc1ccccc1Nc1cc(Br)ccc1N. The third-order valence-electron chi connectivity index (χ3n) is 2.39. The van der Waals surface area contributed by atoms with E-state index in [-0.39, 0.29) is 0 Å². The van der Waals surface area contributed by atoms with Crippen molar-refractivity contribution in [3.8, 4) is 5.75 Å². The molecule has 0 amide bonds. The lowest BCUT2D eigenvalue weighted by atomic mass is 10.2. The fourth-order valence-electron chi connectivity index (χ4n) is 1.53. The fraction of sp³-hybridized carbons (Fsp3) is 0.0769. The van der Waals surface area contributed by atoms with E-state index >= 15 is 0 Å². The second-order valence-corrected chi connectivity index (χ2v) is 4.47. The number of benzene rings is 2. The minimum Gasteiger partial charge on any atom is -0.495 e. The summed E-state index contributed by atoms with van der Waals surface area (Å²) in [5.41, 5.74) is 8.34. The molecule has 3 nitrogen and oxygen atoms in total. The molecule has 0 spiro atoms. The first-order valence-corrected chi connectivity index (χ1v) is 5.95. The Morgan fingerprint density at radius 2 is 1.88 bits per heavy atom. The highest BCUT2D eigenvalue weighted by molar-refractivity contribution is 9.10. The Bertz CT molecular complexity index is 529. The zero-order valence-corrected chi connectivity index (χ0v) is 11.0. The molecule has 3 N–H and O–H groups in total. The van der Waals surface area contributed by atoms with Gasteiger partial charge in [0.25, 0.3) is 0 Å². The lowest BCUT2D eigenvalue weighted by molar-refractivity contribution is 0.417. The smallest absolute Gasteiger partial charge is 0.142 e. The average Bonchev–Trinajstić information content (AvgIpc) is 2.34. The van der Waals surface area contributed by atoms with Crippen molar-refractivity contribution in [1.29, 1.82) is 0 Å². The van der Waals surface area contributed by atoms with Gasteiger partial charge < -0.3 is 15.8 Å². The average molecular weight is 293 g/mol. The number of methoxy groups -OCH3 is 1. The van der Waals surface area contributed by atoms with Crippen molar-refractivity contribution in [3.63, 3.8) is 0 Å². The van der Waals surface area contributed by atoms with Gasteiger partial charge in [0.2, 0.25) is 0 Å². The molecule has 0 saturated heterocycles. The third kappa shape index (κ3) is 2.71. The lowest BCUT2D eigenvalue weighted by Crippen LogP contribution is -1.98. The summed E-state index contributed by atoms with van der Waals surface area (Å²) in [6.07, 6.45) is 0. The zero-order valence-electron chi connectivity index (χ0n) is 9.41. The van der Waals surface area contributed by atoms with E-state index < -0.39 is 0 Å². The van der Waals surface area contributed by atoms with Crippen LogP contribution in [0, 0.1) is 0 Å². The van der Waals surface area contributed by atoms with Gasteiger partial charge in [0.05, 0.1) is 24.2 Å². The van der Waals surface area contributed by atoms with Gasteiger partial charge in [-0.1, -0.05) is 28.1 Å². The number of rotatable bonds is 3. The number of hydrogen-bond acceptors (Lipinski definition) is 3. The van der Waals surface area contributed by atoms with E-state index in [4.69, 9.17) is 10.5 Å². The zero-order chi connectivity index (χ0) is 12.3. The minimum atomic E-state index is 0.694. The molecule has 0 aliphatic rings. The second-order valence-electron chi connectivity index (χ2n) is 3.56. The maximum atomic E-state index is 5.90. The van der Waals surface area contributed by atoms with Gasteiger partial charge in [0, 0.05) is 4.47 Å². The maximum absolute atomic E-state index is 5.90. The summed E-state index contributed by atoms with van der Waals surface area (Å²) in [7, 11) is 1.64. The van der Waals surface area contributed by atoms with Crippen LogP contribution in [0.5, 0.6) is 5.75 Å². The first-order valence-electron chi connectivity index (χ1n) is 5.16. The first-order chi connectivity index (χ1) is 8.20. The van der Waals surface area contributed by atoms with Gasteiger partial charge in [-0.3, -0.25) is 0 Å². The predicted molar refractivity (Wildman–Crippen MR) is 74.8 cm³/mol. The number of nitrogens with two attached hydrogens (primary N) is 1. The predicted octanol–water partition coefficient (Wildman–Crippen LogP) is 3.78. The Morgan fingerprint density at radius 1 is 1.12 bits per heavy atom. The largest absolute Gasteiger partial charge is 0.495 e. The second kappa shape index (κ2) is 5.10. The molecule has 4 heteroatoms. The molecule has 2 rings (SSSR count). The summed E-state index contributed by atoms with van der Waals surface area (Å²) in [6.45, 7) is 0. The van der Waals surface area contributed by atoms with E-state index in [1.54, 1.807) is 7.11 Å². The highest BCUT2D eigenvalue weighted by atomic mass is 79.9. The van der Waals surface area contributed by atoms with E-state index in [9.17, 15) is 0 Å². The van der Waals surface area contributed by atoms with Crippen LogP contribution in [0.4, 0.5) is 17.1 Å². The van der Waals surface area contributed by atoms with Crippen LogP contribution in [0.2, 0.25) is 0 Å². The molecule has 2 aromatic rings. The van der Waals surface area contributed by atoms with Gasteiger partial charge in [0.15, 0.2) is 0 Å². The van der Waals surface area contributed by atoms with Crippen LogP contribution in [-0.4, -0.2) is 7.11 Å². The standard InChI is InChI=1S/C13H13BrN2O/c1-17-13-5-3-2-4-11(13)16-12-8-9(14)6-7-10(12)15/h2-8,16H,15H2,1H3. The van der Waals surface area contributed by atoms with Gasteiger partial charge in [-0.15, -0.1) is 0 Å². The third-order valence-corrected chi connectivity index (χ3v) is 2.88. The van der Waals surface area contributed by atoms with E-state index in [0.717, 1.165) is 21.6 Å². The normalized spacial score (nSPS) is 10.0. The molecule has 0 atom stereocenters. The minimum absolute atomic E-state index is 0.694. The molecule has 88 valence electrons. The van der Waals surface area contributed by atoms with E-state index in [2.05, 4.69) is 21.2 Å². The molecule has 0 aromatic heterocycles. The number of hydrogen-bond donors (Lipinski definition) is 2. The van der Waals surface area contributed by atoms with Crippen molar-refractivity contribution in [2.45, 2.75) is 0 Å². The van der Waals surface area contributed by atoms with Crippen molar-refractivity contribution in [3.05, 3.63) is 46.9 Å². The summed E-state index contributed by atoms with van der Waals surface area (Å²) < 4.78 is 6.25. The van der Waals surface area contributed by atoms with Crippen molar-refractivity contribution < 1.29 is 4.74 Å². The number of ether oxygens (including phenoxy) is 1. The first kappa shape index (κ1) is 11.8. The summed E-state index contributed by atoms with van der Waals surface area (Å²) in [5.74, 6) is 0.784. The lowest BCUT2D eigenvalue weighted by Gasteiger charge is -2.12. The molecule has 0 saturated carbocycles. The summed E-state index contributed by atoms with van der Waals surface area (Å²) in [5, 5.41) is 3.25. The van der Waals surface area contributed by atoms with Crippen molar-refractivity contribution in [2.75, 3.05) is 18.2 Å². The van der Waals surface area contributed by atoms with Crippen LogP contribution < -0.4 is 15.8 Å². The number of nitrogen functional groups attached to an aromatic ring is 1. The van der Waals surface area contributed by atoms with Crippen LogP contribution in [0.3, 0.4) is 0 Å². The van der Waals surface area contributed by atoms with Gasteiger partial charge in [-0.2, -0.15) is 0 Å². The van der Waals surface area contributed by atoms with E-state index in [1.807, 2.05) is 42.5 Å². The highest BCUT2D eigenvalue weighted by Gasteiger charge is 2.04. The Balaban J connectivity index is 2.34. The van der Waals surface area contributed by atoms with E-state index in [1.165, 1.54) is 0 Å². The molecular weight excluding hydrogens is 280 g/mol. The van der Waals surface area contributed by atoms with E-state index in [0.29, 0.717) is 5.69 Å². The van der Waals surface area contributed by atoms with Crippen LogP contribution in [-0.2, 0) is 0 Å². The molecule has 0 unspecified atom stereocenters. The number of halogens is 1. The molecule has 0 fully saturated rings. The van der Waals surface area contributed by atoms with Gasteiger partial charge in [-0.05, 0) is 30.3 Å². The Morgan fingerprint density at radius 3 is 2.65 bits per heavy atom. The van der Waals surface area contributed by atoms with Gasteiger partial charge in [0.1, 0.15) is 5.75 Å². The van der Waals surface area contributed by atoms with Crippen LogP contribution in [0.25, 0.3) is 0 Å². The molecule has 0 bridgehead atoms. The number of nitrogens with one attached hydrogen (secondary N) is 1. The topological polar surface area (TPSA) is 47.3 Å². The molecule has 0 aliphatic heterocycles. The monoisotopic (exact) mass is 292 g/mol. The number of para-hydroxylation sites is 2. The van der Waals surface area contributed by atoms with Crippen molar-refractivity contribution in [1.82, 2.24) is 0 Å². The fourth-order valence-corrected chi connectivity index (χ4v) is 1.89. The number of anilines is 3. The van der Waals surface area contributed by atoms with Crippen LogP contribution in [0.15, 0.2) is 46.9 Å². The maximum Gasteiger partial charge on any atom is 0.142 e. The molecule has 17 heavy (non-hydrogen) atoms. The highest BCUT2D eigenvalue weighted by Crippen LogP contribution is 2.31. The van der Waals surface area contributed by atoms with Crippen molar-refractivity contribution in [2.24, 2.45) is 0 Å². The quantitative estimate of drug-likeness (QED) is 0.847. The summed E-state index contributed by atoms with van der Waals surface area (Å²) in [6, 6.07) is 13.4. The summed E-state index contributed by atoms with van der Waals surface area (Å²) >= 11 is 3.42. The Labute approximate surface area is 109 Å². The van der Waals surface area contributed by atoms with Gasteiger partial charge >= 0.3 is 0 Å². The molecule has 2 aromatic carbocycles. The molecular formula is C13H13BrN2O. The van der Waals surface area contributed by atoms with Gasteiger partial charge in [-0.25, -0.2) is 0 Å². The molecule has 0 radical (unpaired) electrons. The van der Waals surface area contributed by atoms with Crippen LogP contribution in [0.1, 0.15) is 0 Å². The Hall–Kier alpha value is -1.68. The molecule has 0 heterocycles.